The Morgan fingerprint density at radius 2 is 1.81 bits per heavy atom. The van der Waals surface area contributed by atoms with E-state index in [4.69, 9.17) is 4.74 Å². The molecule has 0 aromatic heterocycles. The summed E-state index contributed by atoms with van der Waals surface area (Å²) in [5, 5.41) is 13.8. The van der Waals surface area contributed by atoms with Gasteiger partial charge in [-0.3, -0.25) is 9.69 Å². The van der Waals surface area contributed by atoms with Gasteiger partial charge in [0.25, 0.3) is 5.91 Å². The third kappa shape index (κ3) is 5.00. The zero-order valence-electron chi connectivity index (χ0n) is 18.1. The number of nitrogens with zero attached hydrogens (tertiary/aromatic N) is 1. The third-order valence-electron chi connectivity index (χ3n) is 6.94. The summed E-state index contributed by atoms with van der Waals surface area (Å²) in [6.45, 7) is 3.23. The number of hydrogen-bond donors (Lipinski definition) is 2. The largest absolute Gasteiger partial charge is 0.391 e. The van der Waals surface area contributed by atoms with E-state index in [9.17, 15) is 18.7 Å². The van der Waals surface area contributed by atoms with Crippen LogP contribution in [0.1, 0.15) is 41.6 Å². The normalized spacial score (nSPS) is 27.0. The topological polar surface area (TPSA) is 61.8 Å². The highest BCUT2D eigenvalue weighted by Crippen LogP contribution is 2.39. The zero-order valence-corrected chi connectivity index (χ0v) is 18.1. The number of hydrogen-bond acceptors (Lipinski definition) is 4. The van der Waals surface area contributed by atoms with E-state index in [1.807, 2.05) is 30.3 Å². The second kappa shape index (κ2) is 10.1. The lowest BCUT2D eigenvalue weighted by molar-refractivity contribution is -0.0236. The van der Waals surface area contributed by atoms with Gasteiger partial charge in [0.15, 0.2) is 0 Å². The first kappa shape index (κ1) is 22.8. The van der Waals surface area contributed by atoms with Crippen LogP contribution in [0, 0.1) is 11.6 Å². The minimum atomic E-state index is -0.749. The summed E-state index contributed by atoms with van der Waals surface area (Å²) in [6.07, 6.45) is 2.36. The molecule has 5 nitrogen and oxygen atoms in total. The van der Waals surface area contributed by atoms with Crippen molar-refractivity contribution >= 4 is 5.91 Å². The maximum absolute atomic E-state index is 14.1. The van der Waals surface area contributed by atoms with Crippen molar-refractivity contribution in [2.75, 3.05) is 32.8 Å². The van der Waals surface area contributed by atoms with Crippen molar-refractivity contribution in [2.45, 2.75) is 43.2 Å². The second-order valence-corrected chi connectivity index (χ2v) is 8.81. The number of ether oxygens (including phenoxy) is 1. The predicted molar refractivity (Wildman–Crippen MR) is 117 cm³/mol. The van der Waals surface area contributed by atoms with Gasteiger partial charge in [0.05, 0.1) is 24.9 Å². The van der Waals surface area contributed by atoms with Gasteiger partial charge in [0, 0.05) is 31.1 Å². The van der Waals surface area contributed by atoms with Crippen LogP contribution in [0.5, 0.6) is 0 Å². The van der Waals surface area contributed by atoms with Gasteiger partial charge in [-0.15, -0.1) is 0 Å². The van der Waals surface area contributed by atoms with Crippen LogP contribution in [-0.4, -0.2) is 60.9 Å². The van der Waals surface area contributed by atoms with Crippen LogP contribution >= 0.6 is 0 Å². The second-order valence-electron chi connectivity index (χ2n) is 8.81. The van der Waals surface area contributed by atoms with Gasteiger partial charge < -0.3 is 15.2 Å². The molecule has 172 valence electrons. The Balaban J connectivity index is 1.55. The Kier molecular flexibility index (Phi) is 7.18. The molecule has 0 radical (unpaired) electrons. The molecular weight excluding hydrogens is 414 g/mol. The quantitative estimate of drug-likeness (QED) is 0.695. The average Bonchev–Trinajstić information content (AvgIpc) is 3.00. The molecule has 2 N–H and O–H groups in total. The van der Waals surface area contributed by atoms with Crippen molar-refractivity contribution in [3.8, 4) is 0 Å². The molecule has 2 fully saturated rings. The molecule has 32 heavy (non-hydrogen) atoms. The Hall–Kier alpha value is -2.35. The number of carbonyl (C=O) groups excluding carboxylic acids is 1. The Bertz CT molecular complexity index is 921. The number of benzene rings is 2. The lowest BCUT2D eigenvalue weighted by Gasteiger charge is -2.37. The summed E-state index contributed by atoms with van der Waals surface area (Å²) >= 11 is 0. The lowest BCUT2D eigenvalue weighted by atomic mass is 9.74. The number of amides is 1. The van der Waals surface area contributed by atoms with Gasteiger partial charge in [0.1, 0.15) is 11.6 Å². The molecule has 2 aromatic carbocycles. The number of nitrogens with one attached hydrogen (secondary N) is 1. The maximum atomic E-state index is 14.1. The molecule has 7 heteroatoms. The molecule has 2 aromatic rings. The van der Waals surface area contributed by atoms with Gasteiger partial charge in [0.2, 0.25) is 0 Å². The highest BCUT2D eigenvalue weighted by Gasteiger charge is 2.40. The highest BCUT2D eigenvalue weighted by atomic mass is 19.1. The fourth-order valence-electron chi connectivity index (χ4n) is 5.07. The molecule has 1 aliphatic carbocycles. The molecule has 1 saturated heterocycles. The summed E-state index contributed by atoms with van der Waals surface area (Å²) in [6, 6.07) is 12.9. The smallest absolute Gasteiger partial charge is 0.254 e. The Morgan fingerprint density at radius 3 is 2.56 bits per heavy atom. The van der Waals surface area contributed by atoms with Crippen molar-refractivity contribution in [2.24, 2.45) is 0 Å². The predicted octanol–water partition coefficient (Wildman–Crippen LogP) is 3.27. The summed E-state index contributed by atoms with van der Waals surface area (Å²) in [7, 11) is 0. The molecule has 1 amide bonds. The van der Waals surface area contributed by atoms with Gasteiger partial charge in [-0.05, 0) is 49.4 Å². The summed E-state index contributed by atoms with van der Waals surface area (Å²) in [5.41, 5.74) is 0.380. The lowest BCUT2D eigenvalue weighted by Crippen LogP contribution is -2.48. The summed E-state index contributed by atoms with van der Waals surface area (Å²) < 4.78 is 33.1. The average molecular weight is 445 g/mol. The van der Waals surface area contributed by atoms with E-state index in [0.29, 0.717) is 26.1 Å². The van der Waals surface area contributed by atoms with Crippen LogP contribution in [0.3, 0.4) is 0 Å². The monoisotopic (exact) mass is 444 g/mol. The summed E-state index contributed by atoms with van der Waals surface area (Å²) in [5.74, 6) is -2.03. The molecule has 4 rings (SSSR count). The molecule has 1 aliphatic heterocycles. The molecule has 0 bridgehead atoms. The van der Waals surface area contributed by atoms with Crippen molar-refractivity contribution in [3.63, 3.8) is 0 Å². The van der Waals surface area contributed by atoms with Gasteiger partial charge in [-0.25, -0.2) is 8.78 Å². The number of halogens is 2. The van der Waals surface area contributed by atoms with Crippen LogP contribution in [0.25, 0.3) is 0 Å². The maximum Gasteiger partial charge on any atom is 0.254 e. The first-order chi connectivity index (χ1) is 15.5. The van der Waals surface area contributed by atoms with Crippen molar-refractivity contribution in [3.05, 3.63) is 71.3 Å². The van der Waals surface area contributed by atoms with Crippen LogP contribution in [0.15, 0.2) is 48.5 Å². The Morgan fingerprint density at radius 1 is 1.09 bits per heavy atom. The first-order valence-corrected chi connectivity index (χ1v) is 11.3. The molecule has 1 saturated carbocycles. The van der Waals surface area contributed by atoms with E-state index in [1.165, 1.54) is 0 Å². The van der Waals surface area contributed by atoms with E-state index in [0.717, 1.165) is 49.7 Å². The molecule has 0 spiro atoms. The summed E-state index contributed by atoms with van der Waals surface area (Å²) in [4.78, 5) is 15.0. The van der Waals surface area contributed by atoms with E-state index in [1.54, 1.807) is 0 Å². The third-order valence-corrected chi connectivity index (χ3v) is 6.94. The minimum Gasteiger partial charge on any atom is -0.391 e. The van der Waals surface area contributed by atoms with E-state index >= 15 is 0 Å². The number of morpholine rings is 1. The Labute approximate surface area is 187 Å². The fourth-order valence-corrected chi connectivity index (χ4v) is 5.07. The van der Waals surface area contributed by atoms with Gasteiger partial charge >= 0.3 is 0 Å². The van der Waals surface area contributed by atoms with Crippen molar-refractivity contribution in [1.82, 2.24) is 10.2 Å². The van der Waals surface area contributed by atoms with E-state index in [-0.39, 0.29) is 18.2 Å². The van der Waals surface area contributed by atoms with Gasteiger partial charge in [-0.2, -0.15) is 0 Å². The number of aliphatic hydroxyl groups excluding tert-OH is 1. The van der Waals surface area contributed by atoms with E-state index < -0.39 is 29.1 Å². The fraction of sp³-hybridized carbons (Fsp3) is 0.480. The number of aliphatic hydroxyl groups is 1. The molecular formula is C25H30F2N2O3. The minimum absolute atomic E-state index is 0.0425. The molecule has 2 aliphatic rings. The number of rotatable bonds is 5. The SMILES string of the molecule is O=C(NC[C@]1(c2ccccc2)CC[C@H](O)[C@@H](N2CCOCC2)CC1)c1cc(F)ccc1F. The molecule has 3 atom stereocenters. The number of carbonyl (C=O) groups is 1. The zero-order chi connectivity index (χ0) is 22.6. The first-order valence-electron chi connectivity index (χ1n) is 11.3. The van der Waals surface area contributed by atoms with Crippen LogP contribution in [0.2, 0.25) is 0 Å². The van der Waals surface area contributed by atoms with E-state index in [2.05, 4.69) is 10.2 Å². The van der Waals surface area contributed by atoms with Crippen molar-refractivity contribution in [1.29, 1.82) is 0 Å². The highest BCUT2D eigenvalue weighted by molar-refractivity contribution is 5.94. The van der Waals surface area contributed by atoms with Crippen molar-refractivity contribution < 1.29 is 23.4 Å². The van der Waals surface area contributed by atoms with Crippen LogP contribution < -0.4 is 5.32 Å². The van der Waals surface area contributed by atoms with Gasteiger partial charge in [-0.1, -0.05) is 30.3 Å². The van der Waals surface area contributed by atoms with Crippen LogP contribution in [0.4, 0.5) is 8.78 Å². The molecule has 1 heterocycles. The standard InChI is InChI=1S/C25H30F2N2O3/c26-19-6-7-21(27)20(16-19)24(31)28-17-25(18-4-2-1-3-5-18)10-8-22(23(30)9-11-25)29-12-14-32-15-13-29/h1-7,16,22-23,30H,8-15,17H2,(H,28,31)/t22-,23-,25+/m0/s1. The molecule has 0 unspecified atom stereocenters. The van der Waals surface area contributed by atoms with Crippen LogP contribution in [-0.2, 0) is 10.2 Å².